The van der Waals surface area contributed by atoms with E-state index in [0.29, 0.717) is 40.1 Å². The fourth-order valence-electron chi connectivity index (χ4n) is 2.99. The Hall–Kier alpha value is -1.99. The van der Waals surface area contributed by atoms with Crippen LogP contribution in [0.5, 0.6) is 5.75 Å². The molecule has 0 aliphatic heterocycles. The van der Waals surface area contributed by atoms with E-state index in [0.717, 1.165) is 12.8 Å². The van der Waals surface area contributed by atoms with E-state index < -0.39 is 0 Å². The van der Waals surface area contributed by atoms with Gasteiger partial charge in [0.15, 0.2) is 11.0 Å². The van der Waals surface area contributed by atoms with E-state index in [1.807, 2.05) is 4.57 Å². The Bertz CT molecular complexity index is 773. The zero-order valence-electron chi connectivity index (χ0n) is 15.1. The first-order chi connectivity index (χ1) is 13.2. The topological polar surface area (TPSA) is 69.0 Å². The highest BCUT2D eigenvalue weighted by Gasteiger charge is 2.18. The fourth-order valence-corrected chi connectivity index (χ4v) is 3.90. The van der Waals surface area contributed by atoms with Crippen molar-refractivity contribution in [1.82, 2.24) is 20.1 Å². The summed E-state index contributed by atoms with van der Waals surface area (Å²) in [6.07, 6.45) is 6.33. The van der Waals surface area contributed by atoms with Crippen LogP contribution in [0.25, 0.3) is 0 Å². The molecule has 1 aliphatic rings. The van der Waals surface area contributed by atoms with Gasteiger partial charge in [-0.2, -0.15) is 0 Å². The van der Waals surface area contributed by atoms with Crippen LogP contribution in [0.4, 0.5) is 0 Å². The van der Waals surface area contributed by atoms with Gasteiger partial charge in [-0.3, -0.25) is 9.36 Å². The molecule has 1 heterocycles. The molecule has 3 rings (SSSR count). The van der Waals surface area contributed by atoms with Gasteiger partial charge in [-0.05, 0) is 37.1 Å². The molecule has 8 heteroatoms. The van der Waals surface area contributed by atoms with Gasteiger partial charge in [-0.25, -0.2) is 0 Å². The minimum atomic E-state index is 0.0408. The number of hydrogen-bond donors (Lipinski definition) is 1. The number of aromatic nitrogens is 3. The van der Waals surface area contributed by atoms with Crippen LogP contribution < -0.4 is 10.1 Å². The summed E-state index contributed by atoms with van der Waals surface area (Å²) < 4.78 is 7.67. The minimum absolute atomic E-state index is 0.0408. The minimum Gasteiger partial charge on any atom is -0.486 e. The van der Waals surface area contributed by atoms with Crippen LogP contribution in [0.3, 0.4) is 0 Å². The number of rotatable bonds is 9. The van der Waals surface area contributed by atoms with E-state index in [2.05, 4.69) is 22.1 Å². The molecule has 27 heavy (non-hydrogen) atoms. The predicted molar refractivity (Wildman–Crippen MR) is 107 cm³/mol. The van der Waals surface area contributed by atoms with Gasteiger partial charge in [0.05, 0.1) is 5.75 Å². The molecule has 1 N–H and O–H groups in total. The Kier molecular flexibility index (Phi) is 7.18. The fraction of sp³-hybridized carbons (Fsp3) is 0.421. The molecular weight excluding hydrogens is 384 g/mol. The lowest BCUT2D eigenvalue weighted by Crippen LogP contribution is -2.33. The highest BCUT2D eigenvalue weighted by atomic mass is 35.5. The van der Waals surface area contributed by atoms with Crippen molar-refractivity contribution in [2.45, 2.75) is 50.0 Å². The maximum absolute atomic E-state index is 12.1. The van der Waals surface area contributed by atoms with E-state index in [9.17, 15) is 4.79 Å². The zero-order chi connectivity index (χ0) is 19.1. The Morgan fingerprint density at radius 1 is 1.33 bits per heavy atom. The number of carbonyl (C=O) groups is 1. The average Bonchev–Trinajstić information content (AvgIpc) is 3.30. The second kappa shape index (κ2) is 9.80. The Balaban J connectivity index is 1.57. The summed E-state index contributed by atoms with van der Waals surface area (Å²) in [5.74, 6) is 1.75. The van der Waals surface area contributed by atoms with Crippen molar-refractivity contribution < 1.29 is 9.53 Å². The Morgan fingerprint density at radius 2 is 2.07 bits per heavy atom. The van der Waals surface area contributed by atoms with Gasteiger partial charge < -0.3 is 10.1 Å². The molecule has 144 valence electrons. The predicted octanol–water partition coefficient (Wildman–Crippen LogP) is 3.85. The molecule has 2 aromatic rings. The maximum atomic E-state index is 12.1. The number of nitrogens with zero attached hydrogens (tertiary/aromatic N) is 3. The summed E-state index contributed by atoms with van der Waals surface area (Å²) in [7, 11) is 0. The maximum Gasteiger partial charge on any atom is 0.230 e. The average molecular weight is 407 g/mol. The van der Waals surface area contributed by atoms with Crippen molar-refractivity contribution in [1.29, 1.82) is 0 Å². The Morgan fingerprint density at radius 3 is 2.78 bits per heavy atom. The summed E-state index contributed by atoms with van der Waals surface area (Å²) in [5.41, 5.74) is 0. The van der Waals surface area contributed by atoms with E-state index >= 15 is 0 Å². The van der Waals surface area contributed by atoms with Crippen molar-refractivity contribution in [2.24, 2.45) is 0 Å². The lowest BCUT2D eigenvalue weighted by Gasteiger charge is -2.12. The number of nitrogens with one attached hydrogen (secondary N) is 1. The third-order valence-electron chi connectivity index (χ3n) is 4.34. The molecule has 1 aromatic heterocycles. The molecule has 0 spiro atoms. The second-order valence-corrected chi connectivity index (χ2v) is 7.76. The number of carbonyl (C=O) groups excluding carboxylic acids is 1. The van der Waals surface area contributed by atoms with Crippen LogP contribution in [0.15, 0.2) is 42.1 Å². The molecule has 1 aromatic carbocycles. The molecule has 1 amide bonds. The molecule has 1 fully saturated rings. The van der Waals surface area contributed by atoms with Gasteiger partial charge in [0, 0.05) is 17.6 Å². The molecule has 6 nitrogen and oxygen atoms in total. The van der Waals surface area contributed by atoms with Crippen LogP contribution in [0.1, 0.15) is 31.5 Å². The van der Waals surface area contributed by atoms with Crippen molar-refractivity contribution in [3.8, 4) is 5.75 Å². The summed E-state index contributed by atoms with van der Waals surface area (Å²) >= 11 is 7.26. The van der Waals surface area contributed by atoms with Crippen LogP contribution >= 0.6 is 23.4 Å². The number of amides is 1. The summed E-state index contributed by atoms with van der Waals surface area (Å²) in [6, 6.07) is 7.48. The first-order valence-electron chi connectivity index (χ1n) is 8.99. The summed E-state index contributed by atoms with van der Waals surface area (Å²) in [4.78, 5) is 12.1. The molecule has 0 radical (unpaired) electrons. The van der Waals surface area contributed by atoms with Crippen LogP contribution in [-0.4, -0.2) is 32.5 Å². The monoisotopic (exact) mass is 406 g/mol. The number of allylic oxidation sites excluding steroid dienone is 1. The molecule has 1 saturated carbocycles. The van der Waals surface area contributed by atoms with Gasteiger partial charge in [0.1, 0.15) is 12.4 Å². The highest BCUT2D eigenvalue weighted by molar-refractivity contribution is 7.99. The molecule has 1 aliphatic carbocycles. The van der Waals surface area contributed by atoms with Crippen molar-refractivity contribution in [3.63, 3.8) is 0 Å². The third-order valence-corrected chi connectivity index (χ3v) is 5.56. The molecule has 0 unspecified atom stereocenters. The first-order valence-corrected chi connectivity index (χ1v) is 10.4. The van der Waals surface area contributed by atoms with Gasteiger partial charge in [0.25, 0.3) is 0 Å². The van der Waals surface area contributed by atoms with Crippen LogP contribution in [-0.2, 0) is 17.9 Å². The van der Waals surface area contributed by atoms with E-state index in [1.165, 1.54) is 24.6 Å². The van der Waals surface area contributed by atoms with Crippen molar-refractivity contribution in [3.05, 3.63) is 47.8 Å². The number of benzene rings is 1. The highest BCUT2D eigenvalue weighted by Crippen LogP contribution is 2.21. The van der Waals surface area contributed by atoms with Gasteiger partial charge in [0.2, 0.25) is 5.91 Å². The van der Waals surface area contributed by atoms with Crippen LogP contribution in [0.2, 0.25) is 5.02 Å². The first kappa shape index (κ1) is 19.8. The zero-order valence-corrected chi connectivity index (χ0v) is 16.6. The largest absolute Gasteiger partial charge is 0.486 e. The molecule has 0 saturated heterocycles. The quantitative estimate of drug-likeness (QED) is 0.506. The Labute approximate surface area is 168 Å². The third kappa shape index (κ3) is 5.74. The second-order valence-electron chi connectivity index (χ2n) is 6.38. The van der Waals surface area contributed by atoms with Crippen molar-refractivity contribution >= 4 is 29.3 Å². The molecule has 0 bridgehead atoms. The van der Waals surface area contributed by atoms with E-state index in [1.54, 1.807) is 30.3 Å². The van der Waals surface area contributed by atoms with E-state index in [-0.39, 0.29) is 12.5 Å². The van der Waals surface area contributed by atoms with Gasteiger partial charge in [-0.1, -0.05) is 42.3 Å². The number of hydrogen-bond acceptors (Lipinski definition) is 5. The lowest BCUT2D eigenvalue weighted by atomic mass is 10.2. The van der Waals surface area contributed by atoms with Crippen LogP contribution in [0, 0.1) is 0 Å². The van der Waals surface area contributed by atoms with Gasteiger partial charge in [-0.15, -0.1) is 16.8 Å². The smallest absolute Gasteiger partial charge is 0.230 e. The molecular formula is C19H23ClN4O2S. The number of thioether (sulfide) groups is 1. The normalized spacial score (nSPS) is 14.3. The summed E-state index contributed by atoms with van der Waals surface area (Å²) in [6.45, 7) is 4.62. The lowest BCUT2D eigenvalue weighted by molar-refractivity contribution is -0.119. The molecule has 0 atom stereocenters. The number of ether oxygens (including phenoxy) is 1. The van der Waals surface area contributed by atoms with Gasteiger partial charge >= 0.3 is 0 Å². The number of halogens is 1. The summed E-state index contributed by atoms with van der Waals surface area (Å²) in [5, 5.41) is 12.9. The van der Waals surface area contributed by atoms with Crippen molar-refractivity contribution in [2.75, 3.05) is 5.75 Å². The van der Waals surface area contributed by atoms with E-state index in [4.69, 9.17) is 16.3 Å². The SMILES string of the molecule is C=CCn1c(COc2ccc(Cl)cc2)nnc1SCC(=O)NC1CCCC1. The standard InChI is InChI=1S/C19H23ClN4O2S/c1-2-11-24-17(12-26-16-9-7-14(20)8-10-16)22-23-19(24)27-13-18(25)21-15-5-3-4-6-15/h2,7-10,15H,1,3-6,11-13H2,(H,21,25).